The van der Waals surface area contributed by atoms with E-state index in [1.165, 1.54) is 10.9 Å². The van der Waals surface area contributed by atoms with Crippen molar-refractivity contribution in [3.05, 3.63) is 59.5 Å². The number of fused-ring (bicyclic) bond motifs is 1. The molecule has 1 fully saturated rings. The summed E-state index contributed by atoms with van der Waals surface area (Å²) < 4.78 is 10.3. The molecule has 148 valence electrons. The van der Waals surface area contributed by atoms with Crippen molar-refractivity contribution in [1.82, 2.24) is 25.4 Å². The number of H-pyrrole nitrogens is 1. The maximum Gasteiger partial charge on any atom is 0.125 e. The molecule has 0 bridgehead atoms. The standard InChI is InChI=1S/C22H23N5O2/c1-14-21(26-29-25-14)20-4-3-9-27(20)13-18-12-23-24-22(18)17-6-5-16-11-19(28-2)8-7-15(16)10-17/h5-8,10-12,20H,3-4,9,13H2,1-2H3,(H,23,24)/t20-/m0/s1. The van der Waals surface area contributed by atoms with Crippen LogP contribution in [0.1, 0.15) is 35.8 Å². The maximum atomic E-state index is 5.33. The average Bonchev–Trinajstić information content (AvgIpc) is 3.49. The second kappa shape index (κ2) is 7.33. The van der Waals surface area contributed by atoms with Crippen molar-refractivity contribution in [2.75, 3.05) is 13.7 Å². The number of likely N-dealkylation sites (tertiary alicyclic amines) is 1. The van der Waals surface area contributed by atoms with Crippen molar-refractivity contribution in [3.8, 4) is 17.0 Å². The monoisotopic (exact) mass is 389 g/mol. The van der Waals surface area contributed by atoms with Crippen LogP contribution in [0.25, 0.3) is 22.0 Å². The van der Waals surface area contributed by atoms with Crippen molar-refractivity contribution < 1.29 is 9.37 Å². The number of methoxy groups -OCH3 is 1. The van der Waals surface area contributed by atoms with E-state index >= 15 is 0 Å². The predicted octanol–water partition coefficient (Wildman–Crippen LogP) is 4.27. The van der Waals surface area contributed by atoms with Gasteiger partial charge in [-0.15, -0.1) is 0 Å². The minimum atomic E-state index is 0.244. The topological polar surface area (TPSA) is 80.1 Å². The van der Waals surface area contributed by atoms with Crippen LogP contribution in [0.4, 0.5) is 0 Å². The number of aromatic nitrogens is 4. The zero-order valence-electron chi connectivity index (χ0n) is 16.6. The fourth-order valence-electron chi connectivity index (χ4n) is 4.27. The van der Waals surface area contributed by atoms with E-state index in [-0.39, 0.29) is 6.04 Å². The number of rotatable bonds is 5. The van der Waals surface area contributed by atoms with Crippen LogP contribution >= 0.6 is 0 Å². The summed E-state index contributed by atoms with van der Waals surface area (Å²) in [5.41, 5.74) is 5.19. The summed E-state index contributed by atoms with van der Waals surface area (Å²) in [6.45, 7) is 3.79. The summed E-state index contributed by atoms with van der Waals surface area (Å²) in [4.78, 5) is 2.44. The van der Waals surface area contributed by atoms with Gasteiger partial charge in [-0.3, -0.25) is 10.00 Å². The number of hydrogen-bond acceptors (Lipinski definition) is 6. The van der Waals surface area contributed by atoms with Crippen LogP contribution in [0.2, 0.25) is 0 Å². The van der Waals surface area contributed by atoms with Crippen LogP contribution in [0.15, 0.2) is 47.2 Å². The molecule has 0 spiro atoms. The van der Waals surface area contributed by atoms with Crippen LogP contribution in [0.5, 0.6) is 5.75 Å². The van der Waals surface area contributed by atoms with Gasteiger partial charge in [0.15, 0.2) is 0 Å². The van der Waals surface area contributed by atoms with Crippen LogP contribution in [0.3, 0.4) is 0 Å². The summed E-state index contributed by atoms with van der Waals surface area (Å²) in [7, 11) is 1.69. The number of aryl methyl sites for hydroxylation is 1. The number of benzene rings is 2. The lowest BCUT2D eigenvalue weighted by atomic mass is 10.0. The van der Waals surface area contributed by atoms with E-state index in [1.807, 2.05) is 19.2 Å². The predicted molar refractivity (Wildman–Crippen MR) is 110 cm³/mol. The van der Waals surface area contributed by atoms with Crippen molar-refractivity contribution in [3.63, 3.8) is 0 Å². The molecule has 0 unspecified atom stereocenters. The van der Waals surface area contributed by atoms with Crippen LogP contribution < -0.4 is 4.74 Å². The lowest BCUT2D eigenvalue weighted by Crippen LogP contribution is -2.23. The maximum absolute atomic E-state index is 5.33. The Bertz CT molecular complexity index is 1150. The first-order chi connectivity index (χ1) is 14.2. The molecule has 7 heteroatoms. The van der Waals surface area contributed by atoms with Gasteiger partial charge in [0.2, 0.25) is 0 Å². The molecule has 2 aromatic carbocycles. The third kappa shape index (κ3) is 3.27. The Labute approximate surface area is 168 Å². The van der Waals surface area contributed by atoms with Gasteiger partial charge in [-0.05, 0) is 55.3 Å². The highest BCUT2D eigenvalue weighted by atomic mass is 16.6. The fourth-order valence-corrected chi connectivity index (χ4v) is 4.27. The van der Waals surface area contributed by atoms with Crippen LogP contribution in [-0.4, -0.2) is 39.1 Å². The Hall–Kier alpha value is -3.19. The first-order valence-corrected chi connectivity index (χ1v) is 9.86. The highest BCUT2D eigenvalue weighted by Crippen LogP contribution is 2.35. The Morgan fingerprint density at radius 3 is 2.86 bits per heavy atom. The molecule has 29 heavy (non-hydrogen) atoms. The van der Waals surface area contributed by atoms with Gasteiger partial charge in [-0.1, -0.05) is 28.5 Å². The third-order valence-electron chi connectivity index (χ3n) is 5.79. The van der Waals surface area contributed by atoms with E-state index < -0.39 is 0 Å². The summed E-state index contributed by atoms with van der Waals surface area (Å²) >= 11 is 0. The first-order valence-electron chi connectivity index (χ1n) is 9.86. The van der Waals surface area contributed by atoms with Crippen molar-refractivity contribution in [2.45, 2.75) is 32.4 Å². The number of hydrogen-bond donors (Lipinski definition) is 1. The molecule has 0 aliphatic carbocycles. The highest BCUT2D eigenvalue weighted by Gasteiger charge is 2.31. The highest BCUT2D eigenvalue weighted by molar-refractivity contribution is 5.88. The first kappa shape index (κ1) is 17.9. The average molecular weight is 389 g/mol. The summed E-state index contributed by atoms with van der Waals surface area (Å²) in [5, 5.41) is 18.0. The van der Waals surface area contributed by atoms with Crippen LogP contribution in [-0.2, 0) is 6.54 Å². The van der Waals surface area contributed by atoms with Crippen molar-refractivity contribution >= 4 is 10.8 Å². The van der Waals surface area contributed by atoms with Crippen LogP contribution in [0, 0.1) is 6.92 Å². The van der Waals surface area contributed by atoms with Gasteiger partial charge in [0.1, 0.15) is 17.1 Å². The quantitative estimate of drug-likeness (QED) is 0.549. The van der Waals surface area contributed by atoms with Gasteiger partial charge < -0.3 is 4.74 Å². The van der Waals surface area contributed by atoms with Crippen molar-refractivity contribution in [1.29, 1.82) is 0 Å². The SMILES string of the molecule is COc1ccc2cc(-c3[nH]ncc3CN3CCC[C@H]3c3nonc3C)ccc2c1. The van der Waals surface area contributed by atoms with Gasteiger partial charge in [-0.25, -0.2) is 4.63 Å². The Morgan fingerprint density at radius 2 is 2.03 bits per heavy atom. The molecule has 0 saturated carbocycles. The molecule has 5 rings (SSSR count). The van der Waals surface area contributed by atoms with E-state index in [1.54, 1.807) is 7.11 Å². The zero-order valence-corrected chi connectivity index (χ0v) is 16.6. The molecule has 7 nitrogen and oxygen atoms in total. The molecule has 1 atom stereocenters. The third-order valence-corrected chi connectivity index (χ3v) is 5.79. The Morgan fingerprint density at radius 1 is 1.17 bits per heavy atom. The van der Waals surface area contributed by atoms with Gasteiger partial charge in [-0.2, -0.15) is 5.10 Å². The summed E-state index contributed by atoms with van der Waals surface area (Å²) in [5.74, 6) is 0.866. The molecule has 2 aromatic heterocycles. The van der Waals surface area contributed by atoms with E-state index in [2.05, 4.69) is 55.7 Å². The number of nitrogens with one attached hydrogen (secondary N) is 1. The van der Waals surface area contributed by atoms with E-state index in [0.29, 0.717) is 0 Å². The molecule has 0 radical (unpaired) electrons. The van der Waals surface area contributed by atoms with Gasteiger partial charge in [0, 0.05) is 17.7 Å². The molecule has 1 saturated heterocycles. The number of aromatic amines is 1. The van der Waals surface area contributed by atoms with Gasteiger partial charge in [0.05, 0.1) is 25.0 Å². The molecular weight excluding hydrogens is 366 g/mol. The second-order valence-corrected chi connectivity index (χ2v) is 7.56. The zero-order chi connectivity index (χ0) is 19.8. The van der Waals surface area contributed by atoms with E-state index in [9.17, 15) is 0 Å². The van der Waals surface area contributed by atoms with E-state index in [4.69, 9.17) is 9.37 Å². The second-order valence-electron chi connectivity index (χ2n) is 7.56. The largest absolute Gasteiger partial charge is 0.497 e. The Balaban J connectivity index is 1.44. The molecule has 1 N–H and O–H groups in total. The molecule has 1 aliphatic rings. The van der Waals surface area contributed by atoms with Gasteiger partial charge in [0.25, 0.3) is 0 Å². The molecule has 3 heterocycles. The summed E-state index contributed by atoms with van der Waals surface area (Å²) in [6, 6.07) is 12.8. The summed E-state index contributed by atoms with van der Waals surface area (Å²) in [6.07, 6.45) is 4.14. The van der Waals surface area contributed by atoms with Crippen molar-refractivity contribution in [2.24, 2.45) is 0 Å². The minimum Gasteiger partial charge on any atom is -0.497 e. The molecular formula is C22H23N5O2. The fraction of sp³-hybridized carbons (Fsp3) is 0.318. The Kier molecular flexibility index (Phi) is 4.52. The van der Waals surface area contributed by atoms with Gasteiger partial charge >= 0.3 is 0 Å². The molecule has 0 amide bonds. The lowest BCUT2D eigenvalue weighted by molar-refractivity contribution is 0.231. The molecule has 1 aliphatic heterocycles. The smallest absolute Gasteiger partial charge is 0.125 e. The normalized spacial score (nSPS) is 17.2. The number of ether oxygens (including phenoxy) is 1. The lowest BCUT2D eigenvalue weighted by Gasteiger charge is -2.22. The molecule has 4 aromatic rings. The number of nitrogens with zero attached hydrogens (tertiary/aromatic N) is 4. The minimum absolute atomic E-state index is 0.244. The van der Waals surface area contributed by atoms with E-state index in [0.717, 1.165) is 59.7 Å².